The molecule has 0 bridgehead atoms. The molecule has 1 aromatic rings. The van der Waals surface area contributed by atoms with Gasteiger partial charge in [-0.3, -0.25) is 4.90 Å². The second-order valence-electron chi connectivity index (χ2n) is 4.77. The van der Waals surface area contributed by atoms with Gasteiger partial charge in [0.15, 0.2) is 0 Å². The third kappa shape index (κ3) is 3.49. The zero-order chi connectivity index (χ0) is 14.8. The first kappa shape index (κ1) is 16.1. The highest BCUT2D eigenvalue weighted by atomic mass is 79.9. The van der Waals surface area contributed by atoms with E-state index in [1.54, 1.807) is 23.1 Å². The lowest BCUT2D eigenvalue weighted by molar-refractivity contribution is -0.118. The molecule has 0 unspecified atom stereocenters. The van der Waals surface area contributed by atoms with E-state index >= 15 is 0 Å². The van der Waals surface area contributed by atoms with Gasteiger partial charge in [-0.25, -0.2) is 8.78 Å². The van der Waals surface area contributed by atoms with Gasteiger partial charge in [-0.05, 0) is 17.7 Å². The quantitative estimate of drug-likeness (QED) is 0.856. The molecule has 0 amide bonds. The summed E-state index contributed by atoms with van der Waals surface area (Å²) in [6.45, 7) is 1.15. The molecule has 0 aromatic heterocycles. The van der Waals surface area contributed by atoms with Crippen molar-refractivity contribution in [2.24, 2.45) is 0 Å². The Balaban J connectivity index is 2.39. The van der Waals surface area contributed by atoms with Gasteiger partial charge in [-0.2, -0.15) is 0 Å². The van der Waals surface area contributed by atoms with Crippen molar-refractivity contribution in [2.45, 2.75) is 12.0 Å². The van der Waals surface area contributed by atoms with E-state index in [0.717, 1.165) is 0 Å². The van der Waals surface area contributed by atoms with Gasteiger partial charge in [0.2, 0.25) is 0 Å². The van der Waals surface area contributed by atoms with Crippen molar-refractivity contribution >= 4 is 27.5 Å². The highest BCUT2D eigenvalue weighted by molar-refractivity contribution is 9.10. The monoisotopic (exact) mass is 368 g/mol. The van der Waals surface area contributed by atoms with Crippen LogP contribution in [0.3, 0.4) is 0 Å². The van der Waals surface area contributed by atoms with E-state index in [9.17, 15) is 8.78 Å². The van der Waals surface area contributed by atoms with Gasteiger partial charge in [0.1, 0.15) is 12.6 Å². The van der Waals surface area contributed by atoms with E-state index in [1.165, 1.54) is 0 Å². The average Bonchev–Trinajstić information content (AvgIpc) is 2.43. The lowest BCUT2D eigenvalue weighted by atomic mass is 9.98. The number of aliphatic hydroxyl groups is 1. The Labute approximate surface area is 130 Å². The molecule has 0 saturated carbocycles. The topological polar surface area (TPSA) is 35.5 Å². The summed E-state index contributed by atoms with van der Waals surface area (Å²) >= 11 is 9.16. The summed E-state index contributed by atoms with van der Waals surface area (Å²) in [4.78, 5) is 1.70. The van der Waals surface area contributed by atoms with Crippen molar-refractivity contribution in [3.63, 3.8) is 0 Å². The molecule has 20 heavy (non-hydrogen) atoms. The van der Waals surface area contributed by atoms with E-state index in [4.69, 9.17) is 16.7 Å². The minimum atomic E-state index is -3.21. The Morgan fingerprint density at radius 3 is 2.60 bits per heavy atom. The predicted octanol–water partition coefficient (Wildman–Crippen LogP) is 2.68. The number of nitrogens with one attached hydrogen (secondary N) is 1. The molecular weight excluding hydrogens is 354 g/mol. The molecular formula is C13H16BrClF2N2O. The van der Waals surface area contributed by atoms with Crippen molar-refractivity contribution in [3.8, 4) is 0 Å². The lowest BCUT2D eigenvalue weighted by Crippen LogP contribution is -2.51. The maximum absolute atomic E-state index is 14.2. The molecule has 7 heteroatoms. The average molecular weight is 370 g/mol. The summed E-state index contributed by atoms with van der Waals surface area (Å²) in [7, 11) is 0. The van der Waals surface area contributed by atoms with Crippen LogP contribution < -0.4 is 5.32 Å². The summed E-state index contributed by atoms with van der Waals surface area (Å²) in [6.07, 6.45) is 0. The van der Waals surface area contributed by atoms with Crippen LogP contribution in [0.25, 0.3) is 0 Å². The first-order valence-electron chi connectivity index (χ1n) is 6.34. The molecule has 3 nitrogen and oxygen atoms in total. The first-order chi connectivity index (χ1) is 9.45. The van der Waals surface area contributed by atoms with Crippen molar-refractivity contribution in [1.82, 2.24) is 10.2 Å². The molecule has 1 aromatic carbocycles. The molecule has 1 atom stereocenters. The Bertz CT molecular complexity index is 470. The zero-order valence-corrected chi connectivity index (χ0v) is 13.1. The second kappa shape index (κ2) is 6.66. The number of hydrogen-bond donors (Lipinski definition) is 2. The van der Waals surface area contributed by atoms with E-state index in [1.807, 2.05) is 0 Å². The van der Waals surface area contributed by atoms with Gasteiger partial charge in [0.05, 0.1) is 0 Å². The normalized spacial score (nSPS) is 19.1. The number of nitrogens with zero attached hydrogens (tertiary/aromatic N) is 1. The van der Waals surface area contributed by atoms with Crippen LogP contribution in [0.5, 0.6) is 0 Å². The van der Waals surface area contributed by atoms with E-state index < -0.39 is 18.6 Å². The number of aliphatic hydroxyl groups excluding tert-OH is 1. The Morgan fingerprint density at radius 1 is 1.40 bits per heavy atom. The van der Waals surface area contributed by atoms with Gasteiger partial charge in [0.25, 0.3) is 5.92 Å². The number of halogens is 4. The fraction of sp³-hybridized carbons (Fsp3) is 0.538. The summed E-state index contributed by atoms with van der Waals surface area (Å²) < 4.78 is 28.9. The number of alkyl halides is 2. The smallest absolute Gasteiger partial charge is 0.289 e. The first-order valence-corrected chi connectivity index (χ1v) is 7.51. The largest absolute Gasteiger partial charge is 0.390 e. The van der Waals surface area contributed by atoms with Crippen LogP contribution in [-0.4, -0.2) is 48.7 Å². The summed E-state index contributed by atoms with van der Waals surface area (Å²) in [6, 6.07) is 3.60. The summed E-state index contributed by atoms with van der Waals surface area (Å²) in [5.41, 5.74) is 0.440. The van der Waals surface area contributed by atoms with Gasteiger partial charge in [-0.15, -0.1) is 0 Å². The molecule has 112 valence electrons. The Hall–Kier alpha value is -0.270. The Kier molecular flexibility index (Phi) is 5.36. The molecule has 0 spiro atoms. The minimum absolute atomic E-state index is 0.440. The third-order valence-electron chi connectivity index (χ3n) is 3.38. The van der Waals surface area contributed by atoms with Crippen LogP contribution in [0.15, 0.2) is 22.7 Å². The van der Waals surface area contributed by atoms with Crippen molar-refractivity contribution < 1.29 is 13.9 Å². The van der Waals surface area contributed by atoms with E-state index in [2.05, 4.69) is 21.2 Å². The highest BCUT2D eigenvalue weighted by Crippen LogP contribution is 2.40. The molecule has 0 radical (unpaired) electrons. The Morgan fingerprint density at radius 2 is 2.05 bits per heavy atom. The fourth-order valence-corrected chi connectivity index (χ4v) is 3.34. The molecule has 1 fully saturated rings. The molecule has 1 aliphatic heterocycles. The van der Waals surface area contributed by atoms with Gasteiger partial charge >= 0.3 is 0 Å². The van der Waals surface area contributed by atoms with Crippen molar-refractivity contribution in [1.29, 1.82) is 0 Å². The third-order valence-corrected chi connectivity index (χ3v) is 4.31. The van der Waals surface area contributed by atoms with Crippen LogP contribution in [0.4, 0.5) is 8.78 Å². The highest BCUT2D eigenvalue weighted by Gasteiger charge is 2.44. The number of hydrogen-bond acceptors (Lipinski definition) is 3. The summed E-state index contributed by atoms with van der Waals surface area (Å²) in [5.74, 6) is -3.21. The lowest BCUT2D eigenvalue weighted by Gasteiger charge is -2.39. The molecule has 1 saturated heterocycles. The van der Waals surface area contributed by atoms with Crippen LogP contribution in [0.1, 0.15) is 11.6 Å². The van der Waals surface area contributed by atoms with E-state index in [0.29, 0.717) is 41.2 Å². The van der Waals surface area contributed by atoms with Gasteiger partial charge < -0.3 is 10.4 Å². The second-order valence-corrected chi connectivity index (χ2v) is 6.06. The molecule has 2 N–H and O–H groups in total. The van der Waals surface area contributed by atoms with Crippen LogP contribution in [0.2, 0.25) is 5.02 Å². The molecule has 0 aliphatic carbocycles. The molecule has 1 heterocycles. The number of benzene rings is 1. The van der Waals surface area contributed by atoms with Crippen LogP contribution in [-0.2, 0) is 0 Å². The maximum Gasteiger partial charge on any atom is 0.289 e. The van der Waals surface area contributed by atoms with Crippen LogP contribution in [0, 0.1) is 0 Å². The van der Waals surface area contributed by atoms with Gasteiger partial charge in [-0.1, -0.05) is 33.6 Å². The van der Waals surface area contributed by atoms with Crippen molar-refractivity contribution in [3.05, 3.63) is 33.3 Å². The fourth-order valence-electron chi connectivity index (χ4n) is 2.44. The maximum atomic E-state index is 14.2. The standard InChI is InChI=1S/C13H16BrClF2N2O/c14-11-7-9(15)1-2-10(11)12(13(16,17)8-20)19-5-3-18-4-6-19/h1-2,7,12,18,20H,3-6,8H2/t12-/m1/s1. The zero-order valence-electron chi connectivity index (χ0n) is 10.8. The SMILES string of the molecule is OCC(F)(F)[C@@H](c1ccc(Cl)cc1Br)N1CCNCC1. The van der Waals surface area contributed by atoms with E-state index in [-0.39, 0.29) is 0 Å². The molecule has 1 aliphatic rings. The number of piperazine rings is 1. The molecule has 2 rings (SSSR count). The van der Waals surface area contributed by atoms with Gasteiger partial charge in [0, 0.05) is 35.7 Å². The number of rotatable bonds is 4. The van der Waals surface area contributed by atoms with Crippen LogP contribution >= 0.6 is 27.5 Å². The minimum Gasteiger partial charge on any atom is -0.390 e. The summed E-state index contributed by atoms with van der Waals surface area (Å²) in [5, 5.41) is 12.7. The van der Waals surface area contributed by atoms with Crippen molar-refractivity contribution in [2.75, 3.05) is 32.8 Å². The predicted molar refractivity (Wildman–Crippen MR) is 78.4 cm³/mol.